The molecule has 58 valence electrons. The van der Waals surface area contributed by atoms with Crippen LogP contribution in [0.15, 0.2) is 0 Å². The Hall–Kier alpha value is -0.530. The fourth-order valence-electron chi connectivity index (χ4n) is 1.53. The van der Waals surface area contributed by atoms with Gasteiger partial charge in [0.15, 0.2) is 0 Å². The van der Waals surface area contributed by atoms with Crippen LogP contribution >= 0.6 is 0 Å². The highest BCUT2D eigenvalue weighted by atomic mass is 16.5. The molecule has 0 amide bonds. The summed E-state index contributed by atoms with van der Waals surface area (Å²) in [6.45, 7) is 6.28. The average Bonchev–Trinajstić information content (AvgIpc) is 2.33. The van der Waals surface area contributed by atoms with E-state index in [-0.39, 0.29) is 17.3 Å². The van der Waals surface area contributed by atoms with E-state index in [0.717, 1.165) is 0 Å². The summed E-state index contributed by atoms with van der Waals surface area (Å²) < 4.78 is 4.64. The van der Waals surface area contributed by atoms with Crippen LogP contribution in [0.5, 0.6) is 0 Å². The van der Waals surface area contributed by atoms with E-state index in [0.29, 0.717) is 5.92 Å². The molecule has 1 rings (SSSR count). The molecule has 0 saturated heterocycles. The predicted molar refractivity (Wildman–Crippen MR) is 38.5 cm³/mol. The van der Waals surface area contributed by atoms with Crippen molar-refractivity contribution in [2.24, 2.45) is 17.3 Å². The van der Waals surface area contributed by atoms with Gasteiger partial charge in [-0.2, -0.15) is 0 Å². The van der Waals surface area contributed by atoms with Crippen LogP contribution in [0, 0.1) is 17.3 Å². The first kappa shape index (κ1) is 7.58. The van der Waals surface area contributed by atoms with Gasteiger partial charge in [-0.3, -0.25) is 4.79 Å². The molecule has 2 nitrogen and oxygen atoms in total. The Labute approximate surface area is 61.6 Å². The van der Waals surface area contributed by atoms with Crippen LogP contribution in [-0.4, -0.2) is 13.1 Å². The van der Waals surface area contributed by atoms with Crippen molar-refractivity contribution in [3.05, 3.63) is 0 Å². The van der Waals surface area contributed by atoms with E-state index < -0.39 is 0 Å². The standard InChI is InChI=1S/C8H14O2/c1-5-6(7(9)10-4)8(5,2)3/h5-6H,1-4H3/t5-,6+/m1/s1. The van der Waals surface area contributed by atoms with Gasteiger partial charge in [0.05, 0.1) is 13.0 Å². The summed E-state index contributed by atoms with van der Waals surface area (Å²) in [5.74, 6) is 0.565. The van der Waals surface area contributed by atoms with Gasteiger partial charge in [0.25, 0.3) is 0 Å². The molecule has 1 fully saturated rings. The van der Waals surface area contributed by atoms with Gasteiger partial charge in [0, 0.05) is 0 Å². The van der Waals surface area contributed by atoms with E-state index in [9.17, 15) is 4.79 Å². The molecule has 0 aromatic heterocycles. The molecule has 0 heterocycles. The molecule has 1 saturated carbocycles. The van der Waals surface area contributed by atoms with Crippen molar-refractivity contribution in [3.8, 4) is 0 Å². The van der Waals surface area contributed by atoms with Crippen molar-refractivity contribution in [2.45, 2.75) is 20.8 Å². The molecule has 0 unspecified atom stereocenters. The van der Waals surface area contributed by atoms with Crippen LogP contribution in [0.25, 0.3) is 0 Å². The highest BCUT2D eigenvalue weighted by molar-refractivity contribution is 5.77. The van der Waals surface area contributed by atoms with Gasteiger partial charge in [-0.15, -0.1) is 0 Å². The molecule has 0 aromatic carbocycles. The molecule has 0 aromatic rings. The minimum absolute atomic E-state index is 0.0579. The third-order valence-electron chi connectivity index (χ3n) is 2.82. The van der Waals surface area contributed by atoms with E-state index in [1.165, 1.54) is 7.11 Å². The Morgan fingerprint density at radius 3 is 2.00 bits per heavy atom. The second-order valence-corrected chi connectivity index (χ2v) is 3.61. The quantitative estimate of drug-likeness (QED) is 0.518. The zero-order chi connectivity index (χ0) is 7.94. The smallest absolute Gasteiger partial charge is 0.309 e. The summed E-state index contributed by atoms with van der Waals surface area (Å²) in [7, 11) is 1.45. The zero-order valence-corrected chi connectivity index (χ0v) is 6.97. The Balaban J connectivity index is 2.57. The van der Waals surface area contributed by atoms with E-state index in [1.807, 2.05) is 0 Å². The Morgan fingerprint density at radius 2 is 1.90 bits per heavy atom. The maximum Gasteiger partial charge on any atom is 0.309 e. The fraction of sp³-hybridized carbons (Fsp3) is 0.875. The number of hydrogen-bond donors (Lipinski definition) is 0. The van der Waals surface area contributed by atoms with E-state index >= 15 is 0 Å². The number of rotatable bonds is 1. The highest BCUT2D eigenvalue weighted by Gasteiger charge is 2.59. The van der Waals surface area contributed by atoms with Crippen molar-refractivity contribution in [1.82, 2.24) is 0 Å². The number of hydrogen-bond acceptors (Lipinski definition) is 2. The SMILES string of the molecule is COC(=O)[C@@H]1[C@@H](C)C1(C)C. The molecular weight excluding hydrogens is 128 g/mol. The van der Waals surface area contributed by atoms with Crippen LogP contribution in [-0.2, 0) is 9.53 Å². The molecule has 0 N–H and O–H groups in total. The van der Waals surface area contributed by atoms with Crippen molar-refractivity contribution >= 4 is 5.97 Å². The molecule has 0 spiro atoms. The van der Waals surface area contributed by atoms with Crippen LogP contribution in [0.4, 0.5) is 0 Å². The molecule has 0 bridgehead atoms. The van der Waals surface area contributed by atoms with E-state index in [2.05, 4.69) is 25.5 Å². The van der Waals surface area contributed by atoms with Crippen LogP contribution in [0.1, 0.15) is 20.8 Å². The predicted octanol–water partition coefficient (Wildman–Crippen LogP) is 1.45. The van der Waals surface area contributed by atoms with Gasteiger partial charge >= 0.3 is 5.97 Å². The summed E-state index contributed by atoms with van der Waals surface area (Å²) in [6, 6.07) is 0. The first-order valence-electron chi connectivity index (χ1n) is 3.59. The van der Waals surface area contributed by atoms with Gasteiger partial charge in [-0.1, -0.05) is 20.8 Å². The topological polar surface area (TPSA) is 26.3 Å². The van der Waals surface area contributed by atoms with Gasteiger partial charge < -0.3 is 4.74 Å². The minimum Gasteiger partial charge on any atom is -0.469 e. The van der Waals surface area contributed by atoms with Crippen molar-refractivity contribution in [2.75, 3.05) is 7.11 Å². The number of ether oxygens (including phenoxy) is 1. The van der Waals surface area contributed by atoms with Crippen LogP contribution in [0.3, 0.4) is 0 Å². The lowest BCUT2D eigenvalue weighted by atomic mass is 10.1. The summed E-state index contributed by atoms with van der Waals surface area (Å²) in [4.78, 5) is 11.0. The van der Waals surface area contributed by atoms with Crippen molar-refractivity contribution < 1.29 is 9.53 Å². The molecule has 1 aliphatic carbocycles. The maximum atomic E-state index is 11.0. The number of methoxy groups -OCH3 is 1. The van der Waals surface area contributed by atoms with Crippen LogP contribution in [0.2, 0.25) is 0 Å². The second-order valence-electron chi connectivity index (χ2n) is 3.61. The monoisotopic (exact) mass is 142 g/mol. The number of carbonyl (C=O) groups is 1. The minimum atomic E-state index is -0.0579. The van der Waals surface area contributed by atoms with Crippen LogP contribution < -0.4 is 0 Å². The normalized spacial score (nSPS) is 35.2. The lowest BCUT2D eigenvalue weighted by Crippen LogP contribution is -2.07. The maximum absolute atomic E-state index is 11.0. The molecule has 10 heavy (non-hydrogen) atoms. The molecule has 2 heteroatoms. The molecule has 2 atom stereocenters. The molecular formula is C8H14O2. The highest BCUT2D eigenvalue weighted by Crippen LogP contribution is 2.58. The first-order valence-corrected chi connectivity index (χ1v) is 3.59. The fourth-order valence-corrected chi connectivity index (χ4v) is 1.53. The first-order chi connectivity index (χ1) is 4.51. The number of esters is 1. The second kappa shape index (κ2) is 1.97. The Kier molecular flexibility index (Phi) is 1.50. The van der Waals surface area contributed by atoms with E-state index in [1.54, 1.807) is 0 Å². The third-order valence-corrected chi connectivity index (χ3v) is 2.82. The zero-order valence-electron chi connectivity index (χ0n) is 6.97. The third kappa shape index (κ3) is 0.825. The summed E-state index contributed by atoms with van der Waals surface area (Å²) in [5.41, 5.74) is 0.174. The van der Waals surface area contributed by atoms with Gasteiger partial charge in [0.2, 0.25) is 0 Å². The molecule has 1 aliphatic rings. The van der Waals surface area contributed by atoms with E-state index in [4.69, 9.17) is 0 Å². The van der Waals surface area contributed by atoms with Gasteiger partial charge in [0.1, 0.15) is 0 Å². The van der Waals surface area contributed by atoms with Gasteiger partial charge in [-0.25, -0.2) is 0 Å². The molecule has 0 radical (unpaired) electrons. The summed E-state index contributed by atoms with van der Waals surface area (Å²) >= 11 is 0. The van der Waals surface area contributed by atoms with Crippen molar-refractivity contribution in [1.29, 1.82) is 0 Å². The molecule has 0 aliphatic heterocycles. The number of carbonyl (C=O) groups excluding carboxylic acids is 1. The van der Waals surface area contributed by atoms with Crippen molar-refractivity contribution in [3.63, 3.8) is 0 Å². The largest absolute Gasteiger partial charge is 0.469 e. The Bertz CT molecular complexity index is 161. The summed E-state index contributed by atoms with van der Waals surface area (Å²) in [5, 5.41) is 0. The Morgan fingerprint density at radius 1 is 1.50 bits per heavy atom. The average molecular weight is 142 g/mol. The summed E-state index contributed by atoms with van der Waals surface area (Å²) in [6.07, 6.45) is 0. The van der Waals surface area contributed by atoms with Gasteiger partial charge in [-0.05, 0) is 11.3 Å². The lowest BCUT2D eigenvalue weighted by molar-refractivity contribution is -0.143. The lowest BCUT2D eigenvalue weighted by Gasteiger charge is -1.99.